The molecule has 0 atom stereocenters. The Labute approximate surface area is 154 Å². The SMILES string of the molecule is O=C(NCc1cn2cc(Br)ccc2n1)NCC1(c2ccccc2)CC1. The summed E-state index contributed by atoms with van der Waals surface area (Å²) in [7, 11) is 0. The molecule has 0 spiro atoms. The Morgan fingerprint density at radius 3 is 2.68 bits per heavy atom. The predicted octanol–water partition coefficient (Wildman–Crippen LogP) is 3.63. The Bertz CT molecular complexity index is 902. The molecule has 0 radical (unpaired) electrons. The fraction of sp³-hybridized carbons (Fsp3) is 0.263. The van der Waals surface area contributed by atoms with E-state index in [1.54, 1.807) is 0 Å². The number of carbonyl (C=O) groups is 1. The van der Waals surface area contributed by atoms with Crippen LogP contribution in [-0.4, -0.2) is 22.0 Å². The highest BCUT2D eigenvalue weighted by molar-refractivity contribution is 9.10. The predicted molar refractivity (Wildman–Crippen MR) is 100 cm³/mol. The van der Waals surface area contributed by atoms with Crippen LogP contribution in [0.25, 0.3) is 5.65 Å². The second kappa shape index (κ2) is 6.52. The summed E-state index contributed by atoms with van der Waals surface area (Å²) < 4.78 is 2.93. The van der Waals surface area contributed by atoms with E-state index in [0.717, 1.165) is 28.7 Å². The minimum atomic E-state index is -0.152. The first kappa shape index (κ1) is 16.1. The number of aromatic nitrogens is 2. The van der Waals surface area contributed by atoms with Crippen molar-refractivity contribution in [3.63, 3.8) is 0 Å². The van der Waals surface area contributed by atoms with Gasteiger partial charge in [0.2, 0.25) is 0 Å². The van der Waals surface area contributed by atoms with Crippen LogP contribution in [0.3, 0.4) is 0 Å². The van der Waals surface area contributed by atoms with Gasteiger partial charge < -0.3 is 15.0 Å². The van der Waals surface area contributed by atoms with E-state index >= 15 is 0 Å². The number of nitrogens with one attached hydrogen (secondary N) is 2. The number of fused-ring (bicyclic) bond motifs is 1. The molecule has 1 saturated carbocycles. The highest BCUT2D eigenvalue weighted by Gasteiger charge is 2.44. The van der Waals surface area contributed by atoms with Gasteiger partial charge in [-0.25, -0.2) is 9.78 Å². The Balaban J connectivity index is 1.32. The number of rotatable bonds is 5. The number of imidazole rings is 1. The van der Waals surface area contributed by atoms with Crippen LogP contribution in [0.4, 0.5) is 4.79 Å². The van der Waals surface area contributed by atoms with Crippen molar-refractivity contribution >= 4 is 27.6 Å². The first-order valence-corrected chi connectivity index (χ1v) is 9.14. The van der Waals surface area contributed by atoms with Crippen molar-refractivity contribution < 1.29 is 4.79 Å². The third kappa shape index (κ3) is 3.54. The number of halogens is 1. The zero-order valence-electron chi connectivity index (χ0n) is 13.7. The van der Waals surface area contributed by atoms with E-state index < -0.39 is 0 Å². The van der Waals surface area contributed by atoms with Crippen molar-refractivity contribution in [2.24, 2.45) is 0 Å². The van der Waals surface area contributed by atoms with E-state index in [9.17, 15) is 4.79 Å². The largest absolute Gasteiger partial charge is 0.337 e. The van der Waals surface area contributed by atoms with Crippen molar-refractivity contribution in [2.45, 2.75) is 24.8 Å². The van der Waals surface area contributed by atoms with E-state index in [4.69, 9.17) is 0 Å². The van der Waals surface area contributed by atoms with Crippen LogP contribution < -0.4 is 10.6 Å². The van der Waals surface area contributed by atoms with Crippen molar-refractivity contribution in [3.8, 4) is 0 Å². The van der Waals surface area contributed by atoms with Crippen LogP contribution in [0.1, 0.15) is 24.1 Å². The number of pyridine rings is 1. The lowest BCUT2D eigenvalue weighted by atomic mass is 9.96. The van der Waals surface area contributed by atoms with E-state index in [-0.39, 0.29) is 11.4 Å². The van der Waals surface area contributed by atoms with Gasteiger partial charge in [0.15, 0.2) is 0 Å². The van der Waals surface area contributed by atoms with Gasteiger partial charge >= 0.3 is 6.03 Å². The summed E-state index contributed by atoms with van der Waals surface area (Å²) in [5, 5.41) is 5.89. The maximum absolute atomic E-state index is 12.1. The maximum atomic E-state index is 12.1. The molecule has 0 unspecified atom stereocenters. The molecule has 6 heteroatoms. The molecule has 0 saturated heterocycles. The van der Waals surface area contributed by atoms with Crippen LogP contribution in [-0.2, 0) is 12.0 Å². The molecule has 25 heavy (non-hydrogen) atoms. The van der Waals surface area contributed by atoms with Gasteiger partial charge in [0.25, 0.3) is 0 Å². The number of hydrogen-bond acceptors (Lipinski definition) is 2. The third-order valence-corrected chi connectivity index (χ3v) is 5.19. The molecule has 3 aromatic rings. The van der Waals surface area contributed by atoms with Gasteiger partial charge in [-0.15, -0.1) is 0 Å². The smallest absolute Gasteiger partial charge is 0.315 e. The van der Waals surface area contributed by atoms with Crippen molar-refractivity contribution in [1.29, 1.82) is 0 Å². The molecule has 2 heterocycles. The van der Waals surface area contributed by atoms with E-state index in [1.807, 2.05) is 35.0 Å². The van der Waals surface area contributed by atoms with Gasteiger partial charge in [0, 0.05) is 28.8 Å². The first-order valence-electron chi connectivity index (χ1n) is 8.35. The monoisotopic (exact) mass is 398 g/mol. The molecule has 0 bridgehead atoms. The number of urea groups is 1. The molecule has 1 aliphatic rings. The summed E-state index contributed by atoms with van der Waals surface area (Å²) in [5.74, 6) is 0. The molecule has 2 amide bonds. The molecular weight excluding hydrogens is 380 g/mol. The Kier molecular flexibility index (Phi) is 4.21. The summed E-state index contributed by atoms with van der Waals surface area (Å²) in [4.78, 5) is 16.6. The first-order chi connectivity index (χ1) is 12.1. The number of amides is 2. The van der Waals surface area contributed by atoms with E-state index in [0.29, 0.717) is 13.1 Å². The maximum Gasteiger partial charge on any atom is 0.315 e. The van der Waals surface area contributed by atoms with Crippen LogP contribution >= 0.6 is 15.9 Å². The van der Waals surface area contributed by atoms with Gasteiger partial charge in [0.1, 0.15) is 5.65 Å². The van der Waals surface area contributed by atoms with Gasteiger partial charge in [-0.2, -0.15) is 0 Å². The molecule has 2 N–H and O–H groups in total. The molecule has 1 aliphatic carbocycles. The summed E-state index contributed by atoms with van der Waals surface area (Å²) >= 11 is 3.44. The van der Waals surface area contributed by atoms with Crippen LogP contribution in [0.2, 0.25) is 0 Å². The summed E-state index contributed by atoms with van der Waals surface area (Å²) in [6.45, 7) is 1.07. The van der Waals surface area contributed by atoms with Crippen LogP contribution in [0.5, 0.6) is 0 Å². The summed E-state index contributed by atoms with van der Waals surface area (Å²) in [6.07, 6.45) is 6.12. The highest BCUT2D eigenvalue weighted by Crippen LogP contribution is 2.47. The molecule has 128 valence electrons. The van der Waals surface area contributed by atoms with Gasteiger partial charge in [-0.1, -0.05) is 30.3 Å². The van der Waals surface area contributed by atoms with E-state index in [1.165, 1.54) is 5.56 Å². The Hall–Kier alpha value is -2.34. The molecule has 1 fully saturated rings. The third-order valence-electron chi connectivity index (χ3n) is 4.72. The minimum Gasteiger partial charge on any atom is -0.337 e. The molecular formula is C19H19BrN4O. The lowest BCUT2D eigenvalue weighted by Gasteiger charge is -2.16. The quantitative estimate of drug-likeness (QED) is 0.689. The number of hydrogen-bond donors (Lipinski definition) is 2. The lowest BCUT2D eigenvalue weighted by Crippen LogP contribution is -2.39. The second-order valence-electron chi connectivity index (χ2n) is 6.53. The second-order valence-corrected chi connectivity index (χ2v) is 7.44. The zero-order valence-corrected chi connectivity index (χ0v) is 15.3. The van der Waals surface area contributed by atoms with Crippen molar-refractivity contribution in [2.75, 3.05) is 6.54 Å². The van der Waals surface area contributed by atoms with Gasteiger partial charge in [0.05, 0.1) is 12.2 Å². The zero-order chi connectivity index (χ0) is 17.3. The molecule has 0 aliphatic heterocycles. The van der Waals surface area contributed by atoms with Crippen LogP contribution in [0.15, 0.2) is 59.3 Å². The number of nitrogens with zero attached hydrogens (tertiary/aromatic N) is 2. The summed E-state index contributed by atoms with van der Waals surface area (Å²) in [6, 6.07) is 14.1. The standard InChI is InChI=1S/C19H19BrN4O/c20-15-6-7-17-23-16(12-24(17)11-15)10-21-18(25)22-13-19(8-9-19)14-4-2-1-3-5-14/h1-7,11-12H,8-10,13H2,(H2,21,22,25). The minimum absolute atomic E-state index is 0.119. The average Bonchev–Trinajstić information content (AvgIpc) is 3.32. The average molecular weight is 399 g/mol. The molecule has 4 rings (SSSR count). The summed E-state index contributed by atoms with van der Waals surface area (Å²) in [5.41, 5.74) is 3.12. The van der Waals surface area contributed by atoms with Crippen LogP contribution in [0, 0.1) is 0 Å². The van der Waals surface area contributed by atoms with E-state index in [2.05, 4.69) is 55.8 Å². The highest BCUT2D eigenvalue weighted by atomic mass is 79.9. The molecule has 2 aromatic heterocycles. The van der Waals surface area contributed by atoms with Gasteiger partial charge in [-0.05, 0) is 46.5 Å². The fourth-order valence-electron chi connectivity index (χ4n) is 3.10. The molecule has 5 nitrogen and oxygen atoms in total. The Morgan fingerprint density at radius 2 is 1.92 bits per heavy atom. The Morgan fingerprint density at radius 1 is 1.12 bits per heavy atom. The topological polar surface area (TPSA) is 58.4 Å². The van der Waals surface area contributed by atoms with Crippen molar-refractivity contribution in [3.05, 3.63) is 70.6 Å². The number of carbonyl (C=O) groups excluding carboxylic acids is 1. The van der Waals surface area contributed by atoms with Crippen molar-refractivity contribution in [1.82, 2.24) is 20.0 Å². The lowest BCUT2D eigenvalue weighted by molar-refractivity contribution is 0.239. The molecule has 1 aromatic carbocycles. The van der Waals surface area contributed by atoms with Gasteiger partial charge in [-0.3, -0.25) is 0 Å². The fourth-order valence-corrected chi connectivity index (χ4v) is 3.45. The normalized spacial score (nSPS) is 15.1. The number of benzene rings is 1.